The Hall–Kier alpha value is -1.39. The van der Waals surface area contributed by atoms with Crippen molar-refractivity contribution in [3.8, 4) is 0 Å². The maximum Gasteiger partial charge on any atom is 0.211 e. The third-order valence-corrected chi connectivity index (χ3v) is 30.6. The number of thioether (sulfide) groups is 2. The summed E-state index contributed by atoms with van der Waals surface area (Å²) in [6.07, 6.45) is 26.7. The van der Waals surface area contributed by atoms with Gasteiger partial charge in [-0.2, -0.15) is 23.5 Å². The maximum atomic E-state index is 8.21. The molecule has 1 aromatic rings. The third-order valence-electron chi connectivity index (χ3n) is 17.6. The van der Waals surface area contributed by atoms with E-state index in [0.29, 0.717) is 11.2 Å². The number of piperidine rings is 3. The van der Waals surface area contributed by atoms with Crippen molar-refractivity contribution in [1.82, 2.24) is 39.9 Å². The molecular formula is C47H72N8O2S3. The van der Waals surface area contributed by atoms with Crippen molar-refractivity contribution in [2.45, 2.75) is 123 Å². The highest BCUT2D eigenvalue weighted by Crippen LogP contribution is 3.15. The predicted octanol–water partition coefficient (Wildman–Crippen LogP) is 7.42. The third kappa shape index (κ3) is 4.77. The van der Waals surface area contributed by atoms with Gasteiger partial charge in [-0.15, -0.1) is 13.6 Å². The highest BCUT2D eigenvalue weighted by Gasteiger charge is 2.97. The minimum absolute atomic E-state index is 0.0124. The van der Waals surface area contributed by atoms with Crippen LogP contribution in [0.4, 0.5) is 0 Å². The van der Waals surface area contributed by atoms with Crippen LogP contribution in [0.15, 0.2) is 59.4 Å². The van der Waals surface area contributed by atoms with Gasteiger partial charge in [0, 0.05) is 86.5 Å². The second-order valence-electron chi connectivity index (χ2n) is 19.8. The van der Waals surface area contributed by atoms with Crippen LogP contribution >= 0.6 is 32.0 Å². The fraction of sp³-hybridized carbons (Fsp3) is 0.745. The van der Waals surface area contributed by atoms with E-state index < -0.39 is 13.6 Å². The fourth-order valence-corrected chi connectivity index (χ4v) is 32.3. The molecule has 6 atom stereocenters. The van der Waals surface area contributed by atoms with Crippen molar-refractivity contribution in [2.75, 3.05) is 89.4 Å². The molecule has 60 heavy (non-hydrogen) atoms. The van der Waals surface area contributed by atoms with Gasteiger partial charge in [0.25, 0.3) is 0 Å². The fourth-order valence-electron chi connectivity index (χ4n) is 15.9. The molecule has 6 unspecified atom stereocenters. The van der Waals surface area contributed by atoms with E-state index in [1.54, 1.807) is 21.7 Å². The molecule has 0 aliphatic carbocycles. The average molecular weight is 877 g/mol. The Balaban J connectivity index is 1.39. The molecule has 12 aliphatic heterocycles. The highest BCUT2D eigenvalue weighted by atomic mass is 32.4. The zero-order valence-electron chi connectivity index (χ0n) is 36.1. The van der Waals surface area contributed by atoms with Gasteiger partial charge in [-0.05, 0) is 132 Å². The van der Waals surface area contributed by atoms with Crippen molar-refractivity contribution in [3.05, 3.63) is 70.5 Å². The number of hydrazine groups is 2. The normalized spacial score (nSPS) is 41.4. The topological polar surface area (TPSA) is 62.0 Å². The van der Waals surface area contributed by atoms with Crippen LogP contribution in [0, 0.1) is 5.92 Å². The molecule has 0 saturated carbocycles. The smallest absolute Gasteiger partial charge is 0.211 e. The number of hydrogen-bond donors (Lipinski definition) is 2. The summed E-state index contributed by atoms with van der Waals surface area (Å²) in [6, 6.07) is 9.89. The van der Waals surface area contributed by atoms with Crippen LogP contribution in [-0.4, -0.2) is 146 Å². The molecular weight excluding hydrogens is 805 g/mol. The SMILES string of the molecule is C1=CN(S2(C3CCCO3)(C3NCCc4ccccc43)(C3CC4CCN3CC4)C(C3CCCCO3)=C(C3CCCS3)N(N3CC=CN3)C2(N2CCCC2)N2CCSCC2)CC1. The van der Waals surface area contributed by atoms with Gasteiger partial charge in [-0.3, -0.25) is 14.7 Å². The van der Waals surface area contributed by atoms with Gasteiger partial charge in [0.2, 0.25) is 5.12 Å². The maximum absolute atomic E-state index is 8.21. The van der Waals surface area contributed by atoms with Crippen LogP contribution in [-0.2, 0) is 15.9 Å². The lowest BCUT2D eigenvalue weighted by Crippen LogP contribution is -2.90. The summed E-state index contributed by atoms with van der Waals surface area (Å²) in [5.74, 6) is 4.27. The molecule has 12 heterocycles. The first-order chi connectivity index (χ1) is 29.7. The van der Waals surface area contributed by atoms with E-state index in [-0.39, 0.29) is 22.3 Å². The van der Waals surface area contributed by atoms with Gasteiger partial charge in [0.05, 0.1) is 34.5 Å². The zero-order chi connectivity index (χ0) is 39.8. The largest absolute Gasteiger partial charge is 0.373 e. The number of fused-ring (bicyclic) bond motifs is 4. The molecule has 0 amide bonds. The molecule has 12 aliphatic rings. The van der Waals surface area contributed by atoms with Gasteiger partial charge >= 0.3 is 0 Å². The number of rotatable bonds is 9. The first kappa shape index (κ1) is 40.1. The average Bonchev–Trinajstić information content (AvgIpc) is 4.17. The van der Waals surface area contributed by atoms with Crippen LogP contribution in [0.5, 0.6) is 0 Å². The Morgan fingerprint density at radius 1 is 0.783 bits per heavy atom. The molecule has 1 aromatic carbocycles. The molecule has 10 nitrogen and oxygen atoms in total. The number of ether oxygens (including phenoxy) is 2. The second-order valence-corrected chi connectivity index (χ2v) is 28.8. The number of nitrogens with zero attached hydrogens (tertiary/aromatic N) is 6. The van der Waals surface area contributed by atoms with Gasteiger partial charge < -0.3 is 24.5 Å². The van der Waals surface area contributed by atoms with Crippen molar-refractivity contribution in [2.24, 2.45) is 5.92 Å². The molecule has 0 radical (unpaired) electrons. The predicted molar refractivity (Wildman–Crippen MR) is 250 cm³/mol. The first-order valence-electron chi connectivity index (χ1n) is 24.4. The summed E-state index contributed by atoms with van der Waals surface area (Å²) in [6.45, 7) is 11.3. The highest BCUT2D eigenvalue weighted by molar-refractivity contribution is 8.67. The molecule has 0 aromatic heterocycles. The minimum atomic E-state index is -4.67. The van der Waals surface area contributed by atoms with Gasteiger partial charge in [0.1, 0.15) is 0 Å². The lowest BCUT2D eigenvalue weighted by molar-refractivity contribution is -0.185. The van der Waals surface area contributed by atoms with E-state index >= 15 is 0 Å². The van der Waals surface area contributed by atoms with E-state index in [2.05, 4.69) is 107 Å². The summed E-state index contributed by atoms with van der Waals surface area (Å²) in [5, 5.41) is 10.7. The Kier molecular flexibility index (Phi) is 10.3. The molecule has 13 heteroatoms. The number of hydrogen-bond acceptors (Lipinski definition) is 12. The summed E-state index contributed by atoms with van der Waals surface area (Å²) in [5.41, 5.74) is 8.82. The first-order valence-corrected chi connectivity index (χ1v) is 29.2. The molecule has 2 N–H and O–H groups in total. The second kappa shape index (κ2) is 15.4. The Morgan fingerprint density at radius 2 is 1.63 bits per heavy atom. The lowest BCUT2D eigenvalue weighted by atomic mass is 9.88. The van der Waals surface area contributed by atoms with E-state index in [1.807, 2.05) is 0 Å². The van der Waals surface area contributed by atoms with Crippen molar-refractivity contribution in [1.29, 1.82) is 0 Å². The van der Waals surface area contributed by atoms with Crippen LogP contribution in [0.1, 0.15) is 100.0 Å². The van der Waals surface area contributed by atoms with Crippen LogP contribution < -0.4 is 10.7 Å². The summed E-state index contributed by atoms with van der Waals surface area (Å²) >= 11 is 4.46. The molecule has 330 valence electrons. The number of likely N-dealkylation sites (tertiary alicyclic amines) is 1. The van der Waals surface area contributed by atoms with Crippen molar-refractivity contribution >= 4 is 32.0 Å². The Labute approximate surface area is 367 Å². The lowest BCUT2D eigenvalue weighted by Gasteiger charge is -2.98. The van der Waals surface area contributed by atoms with E-state index in [0.717, 1.165) is 97.6 Å². The van der Waals surface area contributed by atoms with Crippen molar-refractivity contribution in [3.63, 3.8) is 0 Å². The van der Waals surface area contributed by atoms with Gasteiger partial charge in [-0.25, -0.2) is 5.01 Å². The van der Waals surface area contributed by atoms with E-state index in [9.17, 15) is 0 Å². The zero-order valence-corrected chi connectivity index (χ0v) is 38.6. The summed E-state index contributed by atoms with van der Waals surface area (Å²) < 4.78 is 19.3. The van der Waals surface area contributed by atoms with Gasteiger partial charge in [-0.1, -0.05) is 30.3 Å². The minimum Gasteiger partial charge on any atom is -0.373 e. The molecule has 2 bridgehead atoms. The van der Waals surface area contributed by atoms with Crippen molar-refractivity contribution < 1.29 is 9.47 Å². The summed E-state index contributed by atoms with van der Waals surface area (Å²) in [7, 11) is -4.67. The standard InChI is InChI=1S/C47H72N8O2S3/c1-2-13-39-38(12-1)17-21-48-46(39)60(43-16-9-32-57-43,53-24-6-7-25-53,42-36-37-18-27-50(42)28-19-37)45(40-14-3-8-31-56-40)44(41-15-10-33-59-41)55(54-26-11-20-49-54)47(60,51-22-4-5-23-51)52-29-34-58-35-30-52/h1-2,6,11-13,20,24,37,40-43,46,48-49H,3-5,7-10,14-19,21-23,25-36H2. The number of benzene rings is 1. The quantitative estimate of drug-likeness (QED) is 0.260. The van der Waals surface area contributed by atoms with Crippen LogP contribution in [0.3, 0.4) is 0 Å². The van der Waals surface area contributed by atoms with Crippen LogP contribution in [0.2, 0.25) is 0 Å². The Morgan fingerprint density at radius 3 is 2.33 bits per heavy atom. The number of nitrogens with one attached hydrogen (secondary N) is 2. The molecule has 8 saturated heterocycles. The Bertz CT molecular complexity index is 1870. The monoisotopic (exact) mass is 876 g/mol. The summed E-state index contributed by atoms with van der Waals surface area (Å²) in [4.78, 5) is 11.3. The molecule has 8 fully saturated rings. The van der Waals surface area contributed by atoms with E-state index in [1.165, 1.54) is 81.7 Å². The molecule has 0 spiro atoms. The molecule has 13 rings (SSSR count). The van der Waals surface area contributed by atoms with E-state index in [4.69, 9.17) is 14.8 Å². The van der Waals surface area contributed by atoms with Crippen LogP contribution in [0.25, 0.3) is 0 Å². The van der Waals surface area contributed by atoms with Gasteiger partial charge in [0.15, 0.2) is 0 Å².